The Kier molecular flexibility index (Phi) is 4.19. The van der Waals surface area contributed by atoms with Crippen LogP contribution in [0.25, 0.3) is 0 Å². The van der Waals surface area contributed by atoms with Crippen LogP contribution in [-0.2, 0) is 6.18 Å². The molecule has 1 aromatic carbocycles. The third kappa shape index (κ3) is 3.05. The van der Waals surface area contributed by atoms with Crippen LogP contribution in [0.1, 0.15) is 18.1 Å². The number of anilines is 1. The number of benzene rings is 1. The number of halogens is 3. The van der Waals surface area contributed by atoms with Gasteiger partial charge in [0.15, 0.2) is 0 Å². The zero-order valence-corrected chi connectivity index (χ0v) is 11.2. The number of piperazine rings is 1. The fraction of sp³-hybridized carbons (Fsp3) is 0.500. The van der Waals surface area contributed by atoms with Gasteiger partial charge in [0.05, 0.1) is 16.8 Å². The van der Waals surface area contributed by atoms with E-state index in [9.17, 15) is 13.2 Å². The average Bonchev–Trinajstić information content (AvgIpc) is 2.45. The van der Waals surface area contributed by atoms with E-state index in [1.54, 1.807) is 0 Å². The van der Waals surface area contributed by atoms with Crippen molar-refractivity contribution in [1.29, 1.82) is 5.26 Å². The number of hydrogen-bond donors (Lipinski definition) is 0. The number of nitriles is 1. The van der Waals surface area contributed by atoms with E-state index in [1.165, 1.54) is 6.07 Å². The largest absolute Gasteiger partial charge is 0.416 e. The molecule has 0 aromatic heterocycles. The molecule has 1 aliphatic rings. The van der Waals surface area contributed by atoms with Crippen molar-refractivity contribution < 1.29 is 13.2 Å². The first-order valence-corrected chi connectivity index (χ1v) is 6.54. The second-order valence-electron chi connectivity index (χ2n) is 4.76. The van der Waals surface area contributed by atoms with E-state index in [0.717, 1.165) is 44.9 Å². The number of nitrogens with zero attached hydrogens (tertiary/aromatic N) is 3. The molecule has 0 N–H and O–H groups in total. The summed E-state index contributed by atoms with van der Waals surface area (Å²) in [6.45, 7) is 6.23. The first kappa shape index (κ1) is 14.7. The zero-order chi connectivity index (χ0) is 14.8. The molecule has 0 atom stereocenters. The highest BCUT2D eigenvalue weighted by Gasteiger charge is 2.31. The first-order chi connectivity index (χ1) is 9.45. The Hall–Kier alpha value is -1.74. The van der Waals surface area contributed by atoms with Crippen molar-refractivity contribution in [2.45, 2.75) is 13.1 Å². The molecular weight excluding hydrogens is 267 g/mol. The molecule has 0 bridgehead atoms. The van der Waals surface area contributed by atoms with Gasteiger partial charge in [-0.05, 0) is 24.7 Å². The third-order valence-corrected chi connectivity index (χ3v) is 3.60. The SMILES string of the molecule is CCN1CCN(c2ccc(C(F)(F)F)cc2C#N)CC1. The predicted octanol–water partition coefficient (Wildman–Crippen LogP) is 2.72. The van der Waals surface area contributed by atoms with E-state index in [4.69, 9.17) is 5.26 Å². The van der Waals surface area contributed by atoms with Gasteiger partial charge < -0.3 is 9.80 Å². The summed E-state index contributed by atoms with van der Waals surface area (Å²) in [6.07, 6.45) is -4.41. The third-order valence-electron chi connectivity index (χ3n) is 3.60. The van der Waals surface area contributed by atoms with E-state index in [0.29, 0.717) is 5.69 Å². The topological polar surface area (TPSA) is 30.3 Å². The maximum Gasteiger partial charge on any atom is 0.416 e. The van der Waals surface area contributed by atoms with Gasteiger partial charge in [0, 0.05) is 26.2 Å². The van der Waals surface area contributed by atoms with Gasteiger partial charge in [-0.15, -0.1) is 0 Å². The van der Waals surface area contributed by atoms with Crippen LogP contribution >= 0.6 is 0 Å². The summed E-state index contributed by atoms with van der Waals surface area (Å²) in [6, 6.07) is 5.26. The van der Waals surface area contributed by atoms with Crippen LogP contribution in [0, 0.1) is 11.3 Å². The molecule has 0 aliphatic carbocycles. The van der Waals surface area contributed by atoms with Gasteiger partial charge in [-0.3, -0.25) is 0 Å². The van der Waals surface area contributed by atoms with Gasteiger partial charge in [-0.25, -0.2) is 0 Å². The predicted molar refractivity (Wildman–Crippen MR) is 70.5 cm³/mol. The maximum atomic E-state index is 12.6. The molecular formula is C14H16F3N3. The first-order valence-electron chi connectivity index (χ1n) is 6.54. The van der Waals surface area contributed by atoms with Gasteiger partial charge in [0.1, 0.15) is 6.07 Å². The standard InChI is InChI=1S/C14H16F3N3/c1-2-19-5-7-20(8-6-19)13-4-3-12(14(15,16)17)9-11(13)10-18/h3-4,9H,2,5-8H2,1H3. The highest BCUT2D eigenvalue weighted by Crippen LogP contribution is 2.32. The summed E-state index contributed by atoms with van der Waals surface area (Å²) in [5.41, 5.74) is -0.0916. The van der Waals surface area contributed by atoms with Crippen LogP contribution in [0.15, 0.2) is 18.2 Å². The molecule has 1 heterocycles. The molecule has 20 heavy (non-hydrogen) atoms. The average molecular weight is 283 g/mol. The van der Waals surface area contributed by atoms with Crippen molar-refractivity contribution >= 4 is 5.69 Å². The molecule has 0 radical (unpaired) electrons. The van der Waals surface area contributed by atoms with Crippen molar-refractivity contribution in [3.63, 3.8) is 0 Å². The minimum absolute atomic E-state index is 0.0878. The van der Waals surface area contributed by atoms with Crippen LogP contribution < -0.4 is 4.90 Å². The van der Waals surface area contributed by atoms with Crippen LogP contribution in [0.5, 0.6) is 0 Å². The lowest BCUT2D eigenvalue weighted by molar-refractivity contribution is -0.137. The molecule has 3 nitrogen and oxygen atoms in total. The van der Waals surface area contributed by atoms with Crippen LogP contribution in [0.2, 0.25) is 0 Å². The van der Waals surface area contributed by atoms with Gasteiger partial charge in [0.25, 0.3) is 0 Å². The molecule has 0 spiro atoms. The number of likely N-dealkylation sites (N-methyl/N-ethyl adjacent to an activating group) is 1. The van der Waals surface area contributed by atoms with Gasteiger partial charge in [-0.1, -0.05) is 6.92 Å². The quantitative estimate of drug-likeness (QED) is 0.836. The normalized spacial score (nSPS) is 17.1. The highest BCUT2D eigenvalue weighted by atomic mass is 19.4. The zero-order valence-electron chi connectivity index (χ0n) is 11.2. The van der Waals surface area contributed by atoms with Gasteiger partial charge in [0.2, 0.25) is 0 Å². The van der Waals surface area contributed by atoms with Crippen molar-refractivity contribution in [3.05, 3.63) is 29.3 Å². The molecule has 1 aliphatic heterocycles. The summed E-state index contributed by atoms with van der Waals surface area (Å²) >= 11 is 0. The minimum atomic E-state index is -4.41. The summed E-state index contributed by atoms with van der Waals surface area (Å²) in [4.78, 5) is 4.25. The lowest BCUT2D eigenvalue weighted by atomic mass is 10.1. The fourth-order valence-electron chi connectivity index (χ4n) is 2.38. The summed E-state index contributed by atoms with van der Waals surface area (Å²) < 4.78 is 37.9. The van der Waals surface area contributed by atoms with Crippen molar-refractivity contribution in [3.8, 4) is 6.07 Å². The van der Waals surface area contributed by atoms with Crippen LogP contribution in [0.4, 0.5) is 18.9 Å². The maximum absolute atomic E-state index is 12.6. The second kappa shape index (κ2) is 5.71. The van der Waals surface area contributed by atoms with E-state index in [2.05, 4.69) is 11.8 Å². The lowest BCUT2D eigenvalue weighted by Gasteiger charge is -2.36. The van der Waals surface area contributed by atoms with E-state index >= 15 is 0 Å². The smallest absolute Gasteiger partial charge is 0.368 e. The Morgan fingerprint density at radius 1 is 1.20 bits per heavy atom. The number of hydrogen-bond acceptors (Lipinski definition) is 3. The van der Waals surface area contributed by atoms with E-state index in [1.807, 2.05) is 11.0 Å². The molecule has 0 amide bonds. The Balaban J connectivity index is 2.23. The Morgan fingerprint density at radius 2 is 1.85 bits per heavy atom. The molecule has 0 unspecified atom stereocenters. The number of alkyl halides is 3. The highest BCUT2D eigenvalue weighted by molar-refractivity contribution is 5.61. The molecule has 108 valence electrons. The Morgan fingerprint density at radius 3 is 2.35 bits per heavy atom. The molecule has 1 fully saturated rings. The van der Waals surface area contributed by atoms with Crippen molar-refractivity contribution in [2.75, 3.05) is 37.6 Å². The Labute approximate surface area is 116 Å². The second-order valence-corrected chi connectivity index (χ2v) is 4.76. The summed E-state index contributed by atoms with van der Waals surface area (Å²) in [7, 11) is 0. The molecule has 1 saturated heterocycles. The fourth-order valence-corrected chi connectivity index (χ4v) is 2.38. The summed E-state index contributed by atoms with van der Waals surface area (Å²) in [5, 5.41) is 9.08. The van der Waals surface area contributed by atoms with Crippen molar-refractivity contribution in [2.24, 2.45) is 0 Å². The van der Waals surface area contributed by atoms with Crippen LogP contribution in [-0.4, -0.2) is 37.6 Å². The molecule has 2 rings (SSSR count). The lowest BCUT2D eigenvalue weighted by Crippen LogP contribution is -2.46. The van der Waals surface area contributed by atoms with Crippen molar-refractivity contribution in [1.82, 2.24) is 4.90 Å². The van der Waals surface area contributed by atoms with E-state index in [-0.39, 0.29) is 5.56 Å². The van der Waals surface area contributed by atoms with E-state index < -0.39 is 11.7 Å². The monoisotopic (exact) mass is 283 g/mol. The molecule has 1 aromatic rings. The molecule has 6 heteroatoms. The van der Waals surface area contributed by atoms with Gasteiger partial charge in [-0.2, -0.15) is 18.4 Å². The minimum Gasteiger partial charge on any atom is -0.368 e. The summed E-state index contributed by atoms with van der Waals surface area (Å²) in [5.74, 6) is 0. The van der Waals surface area contributed by atoms with Crippen LogP contribution in [0.3, 0.4) is 0 Å². The molecule has 0 saturated carbocycles. The van der Waals surface area contributed by atoms with Gasteiger partial charge >= 0.3 is 6.18 Å². The number of rotatable bonds is 2. The Bertz CT molecular complexity index is 511.